The Balaban J connectivity index is 2.91. The van der Waals surface area contributed by atoms with E-state index in [0.717, 1.165) is 0 Å². The van der Waals surface area contributed by atoms with Gasteiger partial charge >= 0.3 is 5.97 Å². The Hall–Kier alpha value is -2.61. The Morgan fingerprint density at radius 2 is 1.71 bits per heavy atom. The Morgan fingerprint density at radius 3 is 2.17 bits per heavy atom. The van der Waals surface area contributed by atoms with Gasteiger partial charge in [0.1, 0.15) is 17.8 Å². The van der Waals surface area contributed by atoms with Crippen molar-refractivity contribution in [3.05, 3.63) is 29.8 Å². The molecule has 0 aliphatic carbocycles. The fourth-order valence-electron chi connectivity index (χ4n) is 2.10. The fourth-order valence-corrected chi connectivity index (χ4v) is 2.10. The van der Waals surface area contributed by atoms with Gasteiger partial charge < -0.3 is 26.6 Å². The maximum atomic E-state index is 12.4. The number of aliphatic carboxylic acids is 1. The van der Waals surface area contributed by atoms with Gasteiger partial charge in [0.05, 0.1) is 6.54 Å². The first-order valence-corrected chi connectivity index (χ1v) is 7.55. The molecule has 0 aliphatic rings. The van der Waals surface area contributed by atoms with Crippen LogP contribution in [-0.2, 0) is 20.8 Å². The number of phenolic OH excluding ortho intramolecular Hbond substituents is 1. The molecule has 0 bridgehead atoms. The van der Waals surface area contributed by atoms with E-state index in [-0.39, 0.29) is 24.6 Å². The highest BCUT2D eigenvalue weighted by Gasteiger charge is 2.28. The Kier molecular flexibility index (Phi) is 7.19. The van der Waals surface area contributed by atoms with Crippen molar-refractivity contribution in [3.8, 4) is 5.75 Å². The summed E-state index contributed by atoms with van der Waals surface area (Å²) in [5.74, 6) is -2.51. The Morgan fingerprint density at radius 1 is 1.12 bits per heavy atom. The lowest BCUT2D eigenvalue weighted by Gasteiger charge is -2.23. The number of amides is 2. The first-order valence-electron chi connectivity index (χ1n) is 7.55. The Labute approximate surface area is 140 Å². The third-order valence-corrected chi connectivity index (χ3v) is 3.44. The summed E-state index contributed by atoms with van der Waals surface area (Å²) in [6, 6.07) is 4.12. The van der Waals surface area contributed by atoms with Crippen LogP contribution >= 0.6 is 0 Å². The van der Waals surface area contributed by atoms with Gasteiger partial charge in [-0.2, -0.15) is 0 Å². The lowest BCUT2D eigenvalue weighted by Crippen LogP contribution is -2.54. The minimum atomic E-state index is -1.15. The van der Waals surface area contributed by atoms with Gasteiger partial charge in [-0.3, -0.25) is 9.59 Å². The van der Waals surface area contributed by atoms with Crippen LogP contribution in [0, 0.1) is 5.92 Å². The van der Waals surface area contributed by atoms with Crippen molar-refractivity contribution >= 4 is 17.8 Å². The topological polar surface area (TPSA) is 142 Å². The highest BCUT2D eigenvalue weighted by Crippen LogP contribution is 2.12. The standard InChI is InChI=1S/C16H23N3O5/c1-9(2)14(16(23)24)19-15(22)12(18-13(21)8-17)7-10-3-5-11(20)6-4-10/h3-6,9,12,14,20H,7-8,17H2,1-2H3,(H,18,21)(H,19,22)(H,23,24)/t12-,14+/m1/s1. The SMILES string of the molecule is CC(C)[C@H](NC(=O)[C@@H](Cc1ccc(O)cc1)NC(=O)CN)C(=O)O. The van der Waals surface area contributed by atoms with Gasteiger partial charge in [0.25, 0.3) is 0 Å². The number of hydrogen-bond acceptors (Lipinski definition) is 5. The molecule has 2 atom stereocenters. The van der Waals surface area contributed by atoms with Crippen molar-refractivity contribution in [1.82, 2.24) is 10.6 Å². The summed E-state index contributed by atoms with van der Waals surface area (Å²) in [6.45, 7) is 3.06. The van der Waals surface area contributed by atoms with E-state index in [4.69, 9.17) is 5.73 Å². The molecule has 0 heterocycles. The summed E-state index contributed by atoms with van der Waals surface area (Å²) in [6.07, 6.45) is 0.141. The van der Waals surface area contributed by atoms with Gasteiger partial charge in [0.15, 0.2) is 0 Å². The van der Waals surface area contributed by atoms with Crippen LogP contribution < -0.4 is 16.4 Å². The van der Waals surface area contributed by atoms with Crippen LogP contribution in [0.2, 0.25) is 0 Å². The van der Waals surface area contributed by atoms with Gasteiger partial charge in [0, 0.05) is 6.42 Å². The highest BCUT2D eigenvalue weighted by molar-refractivity contribution is 5.91. The van der Waals surface area contributed by atoms with Gasteiger partial charge in [-0.15, -0.1) is 0 Å². The minimum absolute atomic E-state index is 0.0801. The normalized spacial score (nSPS) is 13.2. The number of phenols is 1. The molecule has 8 nitrogen and oxygen atoms in total. The second-order valence-electron chi connectivity index (χ2n) is 5.76. The molecule has 24 heavy (non-hydrogen) atoms. The third kappa shape index (κ3) is 5.88. The van der Waals surface area contributed by atoms with E-state index in [1.165, 1.54) is 12.1 Å². The largest absolute Gasteiger partial charge is 0.508 e. The molecule has 0 saturated carbocycles. The average Bonchev–Trinajstić information content (AvgIpc) is 2.52. The van der Waals surface area contributed by atoms with Crippen molar-refractivity contribution in [3.63, 3.8) is 0 Å². The molecule has 0 saturated heterocycles. The summed E-state index contributed by atoms with van der Waals surface area (Å²) in [7, 11) is 0. The lowest BCUT2D eigenvalue weighted by atomic mass is 10.0. The van der Waals surface area contributed by atoms with E-state index in [1.807, 2.05) is 0 Å². The van der Waals surface area contributed by atoms with E-state index in [2.05, 4.69) is 10.6 Å². The summed E-state index contributed by atoms with van der Waals surface area (Å²) in [5.41, 5.74) is 5.96. The zero-order chi connectivity index (χ0) is 18.3. The third-order valence-electron chi connectivity index (χ3n) is 3.44. The maximum absolute atomic E-state index is 12.4. The summed E-state index contributed by atoms with van der Waals surface area (Å²) in [5, 5.41) is 23.4. The fraction of sp³-hybridized carbons (Fsp3) is 0.438. The van der Waals surface area contributed by atoms with Crippen LogP contribution in [-0.4, -0.2) is 46.6 Å². The molecule has 0 spiro atoms. The second-order valence-corrected chi connectivity index (χ2v) is 5.76. The second kappa shape index (κ2) is 8.88. The van der Waals surface area contributed by atoms with Crippen LogP contribution in [0.3, 0.4) is 0 Å². The predicted molar refractivity (Wildman–Crippen MR) is 87.2 cm³/mol. The summed E-state index contributed by atoms with van der Waals surface area (Å²) in [4.78, 5) is 35.2. The van der Waals surface area contributed by atoms with E-state index >= 15 is 0 Å². The van der Waals surface area contributed by atoms with Crippen LogP contribution in [0.4, 0.5) is 0 Å². The summed E-state index contributed by atoms with van der Waals surface area (Å²) < 4.78 is 0. The van der Waals surface area contributed by atoms with Crippen LogP contribution in [0.15, 0.2) is 24.3 Å². The first-order chi connectivity index (χ1) is 11.2. The van der Waals surface area contributed by atoms with Crippen LogP contribution in [0.1, 0.15) is 19.4 Å². The summed E-state index contributed by atoms with van der Waals surface area (Å²) >= 11 is 0. The lowest BCUT2D eigenvalue weighted by molar-refractivity contribution is -0.143. The van der Waals surface area contributed by atoms with Crippen molar-refractivity contribution in [2.24, 2.45) is 11.7 Å². The molecule has 2 amide bonds. The number of rotatable bonds is 8. The van der Waals surface area contributed by atoms with E-state index in [1.54, 1.807) is 26.0 Å². The molecule has 0 aliphatic heterocycles. The Bertz CT molecular complexity index is 586. The molecule has 0 radical (unpaired) electrons. The van der Waals surface area contributed by atoms with E-state index in [0.29, 0.717) is 5.56 Å². The van der Waals surface area contributed by atoms with Crippen molar-refractivity contribution in [2.45, 2.75) is 32.4 Å². The monoisotopic (exact) mass is 337 g/mol. The molecule has 0 aromatic heterocycles. The number of carboxylic acids is 1. The molecule has 8 heteroatoms. The van der Waals surface area contributed by atoms with Crippen molar-refractivity contribution in [1.29, 1.82) is 0 Å². The minimum Gasteiger partial charge on any atom is -0.508 e. The van der Waals surface area contributed by atoms with Gasteiger partial charge in [-0.25, -0.2) is 4.79 Å². The molecule has 0 fully saturated rings. The molecular formula is C16H23N3O5. The number of carbonyl (C=O) groups excluding carboxylic acids is 2. The molecule has 1 rings (SSSR count). The van der Waals surface area contributed by atoms with E-state index in [9.17, 15) is 24.6 Å². The number of carboxylic acid groups (broad SMARTS) is 1. The highest BCUT2D eigenvalue weighted by atomic mass is 16.4. The van der Waals surface area contributed by atoms with Crippen molar-refractivity contribution < 1.29 is 24.6 Å². The zero-order valence-electron chi connectivity index (χ0n) is 13.7. The maximum Gasteiger partial charge on any atom is 0.326 e. The molecule has 1 aromatic carbocycles. The smallest absolute Gasteiger partial charge is 0.326 e. The number of carbonyl (C=O) groups is 3. The quantitative estimate of drug-likeness (QED) is 0.437. The van der Waals surface area contributed by atoms with Crippen molar-refractivity contribution in [2.75, 3.05) is 6.54 Å². The number of nitrogens with one attached hydrogen (secondary N) is 2. The van der Waals surface area contributed by atoms with Gasteiger partial charge in [-0.05, 0) is 23.6 Å². The molecule has 1 aromatic rings. The molecular weight excluding hydrogens is 314 g/mol. The molecule has 6 N–H and O–H groups in total. The van der Waals surface area contributed by atoms with Crippen LogP contribution in [0.25, 0.3) is 0 Å². The number of hydrogen-bond donors (Lipinski definition) is 5. The molecule has 0 unspecified atom stereocenters. The van der Waals surface area contributed by atoms with Crippen LogP contribution in [0.5, 0.6) is 5.75 Å². The number of benzene rings is 1. The number of nitrogens with two attached hydrogens (primary N) is 1. The first kappa shape index (κ1) is 19.4. The zero-order valence-corrected chi connectivity index (χ0v) is 13.7. The average molecular weight is 337 g/mol. The van der Waals surface area contributed by atoms with Gasteiger partial charge in [0.2, 0.25) is 11.8 Å². The molecule has 132 valence electrons. The van der Waals surface area contributed by atoms with Gasteiger partial charge in [-0.1, -0.05) is 26.0 Å². The number of aromatic hydroxyl groups is 1. The predicted octanol–water partition coefficient (Wildman–Crippen LogP) is -0.396. The van der Waals surface area contributed by atoms with E-state index < -0.39 is 29.9 Å².